The molecule has 1 fully saturated rings. The average Bonchev–Trinajstić information content (AvgIpc) is 3.06. The molecule has 156 valence electrons. The molecule has 0 unspecified atom stereocenters. The minimum Gasteiger partial charge on any atom is -0.394 e. The third-order valence-electron chi connectivity index (χ3n) is 5.08. The maximum absolute atomic E-state index is 12.9. The second kappa shape index (κ2) is 8.33. The molecule has 1 aliphatic heterocycles. The van der Waals surface area contributed by atoms with Gasteiger partial charge < -0.3 is 20.1 Å². The second-order valence-electron chi connectivity index (χ2n) is 7.04. The quantitative estimate of drug-likeness (QED) is 0.528. The monoisotopic (exact) mass is 411 g/mol. The van der Waals surface area contributed by atoms with Gasteiger partial charge in [0.25, 0.3) is 5.56 Å². The Balaban J connectivity index is 1.67. The summed E-state index contributed by atoms with van der Waals surface area (Å²) in [4.78, 5) is 29.8. The lowest BCUT2D eigenvalue weighted by Gasteiger charge is -2.18. The molecular weight excluding hydrogens is 390 g/mol. The molecule has 0 radical (unpaired) electrons. The van der Waals surface area contributed by atoms with Crippen LogP contribution >= 0.6 is 0 Å². The zero-order chi connectivity index (χ0) is 21.3. The first-order valence-corrected chi connectivity index (χ1v) is 9.45. The largest absolute Gasteiger partial charge is 0.394 e. The number of benzene rings is 1. The Bertz CT molecular complexity index is 1140. The van der Waals surface area contributed by atoms with Crippen molar-refractivity contribution in [3.8, 4) is 11.3 Å². The molecule has 1 aromatic carbocycles. The van der Waals surface area contributed by atoms with Crippen molar-refractivity contribution in [1.82, 2.24) is 14.1 Å². The van der Waals surface area contributed by atoms with Crippen molar-refractivity contribution in [1.29, 1.82) is 0 Å². The average molecular weight is 411 g/mol. The number of rotatable bonds is 5. The van der Waals surface area contributed by atoms with E-state index in [1.165, 1.54) is 12.3 Å². The van der Waals surface area contributed by atoms with Crippen LogP contribution in [-0.2, 0) is 11.3 Å². The zero-order valence-electron chi connectivity index (χ0n) is 15.9. The van der Waals surface area contributed by atoms with Crippen molar-refractivity contribution in [2.75, 3.05) is 6.61 Å². The second-order valence-corrected chi connectivity index (χ2v) is 7.04. The Hall–Kier alpha value is -3.11. The highest BCUT2D eigenvalue weighted by atomic mass is 16.6. The molecule has 2 aromatic heterocycles. The minimum atomic E-state index is -1.43. The lowest BCUT2D eigenvalue weighted by atomic mass is 10.1. The number of ether oxygens (including phenoxy) is 1. The molecule has 0 aliphatic carbocycles. The van der Waals surface area contributed by atoms with Crippen LogP contribution in [0.2, 0.25) is 0 Å². The molecule has 1 aliphatic rings. The first kappa shape index (κ1) is 20.2. The van der Waals surface area contributed by atoms with Crippen LogP contribution in [0.4, 0.5) is 0 Å². The van der Waals surface area contributed by atoms with E-state index in [1.807, 2.05) is 36.4 Å². The van der Waals surface area contributed by atoms with Crippen molar-refractivity contribution in [2.45, 2.75) is 31.1 Å². The lowest BCUT2D eigenvalue weighted by Crippen LogP contribution is -2.43. The van der Waals surface area contributed by atoms with Gasteiger partial charge in [0.15, 0.2) is 6.23 Å². The molecule has 0 spiro atoms. The molecule has 3 heterocycles. The molecule has 30 heavy (non-hydrogen) atoms. The van der Waals surface area contributed by atoms with Crippen molar-refractivity contribution in [3.63, 3.8) is 0 Å². The highest BCUT2D eigenvalue weighted by Crippen LogP contribution is 2.27. The van der Waals surface area contributed by atoms with Crippen LogP contribution in [-0.4, -0.2) is 54.4 Å². The zero-order valence-corrected chi connectivity index (χ0v) is 15.9. The molecule has 4 atom stereocenters. The Labute approximate surface area is 171 Å². The van der Waals surface area contributed by atoms with Crippen LogP contribution in [0.1, 0.15) is 11.9 Å². The van der Waals surface area contributed by atoms with Gasteiger partial charge in [0.2, 0.25) is 0 Å². The summed E-state index contributed by atoms with van der Waals surface area (Å²) in [6, 6.07) is 16.0. The minimum absolute atomic E-state index is 0.0754. The summed E-state index contributed by atoms with van der Waals surface area (Å²) in [5.74, 6) is 0. The van der Waals surface area contributed by atoms with Crippen LogP contribution in [0.3, 0.4) is 0 Å². The van der Waals surface area contributed by atoms with Gasteiger partial charge in [-0.1, -0.05) is 36.4 Å². The molecule has 3 N–H and O–H groups in total. The van der Waals surface area contributed by atoms with E-state index in [0.29, 0.717) is 11.4 Å². The van der Waals surface area contributed by atoms with Crippen LogP contribution in [0.5, 0.6) is 0 Å². The van der Waals surface area contributed by atoms with E-state index in [1.54, 1.807) is 12.1 Å². The van der Waals surface area contributed by atoms with Gasteiger partial charge in [-0.2, -0.15) is 0 Å². The summed E-state index contributed by atoms with van der Waals surface area (Å²) in [6.45, 7) is -0.590. The third-order valence-corrected chi connectivity index (χ3v) is 5.08. The van der Waals surface area contributed by atoms with Gasteiger partial charge in [-0.25, -0.2) is 4.79 Å². The van der Waals surface area contributed by atoms with Gasteiger partial charge in [-0.15, -0.1) is 0 Å². The predicted octanol–water partition coefficient (Wildman–Crippen LogP) is -0.268. The van der Waals surface area contributed by atoms with E-state index in [9.17, 15) is 24.9 Å². The first-order valence-electron chi connectivity index (χ1n) is 9.45. The van der Waals surface area contributed by atoms with E-state index in [0.717, 1.165) is 14.7 Å². The van der Waals surface area contributed by atoms with E-state index >= 15 is 0 Å². The normalized spacial score (nSPS) is 23.6. The summed E-state index contributed by atoms with van der Waals surface area (Å²) < 4.78 is 7.42. The highest BCUT2D eigenvalue weighted by molar-refractivity contribution is 5.58. The van der Waals surface area contributed by atoms with Crippen molar-refractivity contribution in [3.05, 3.63) is 87.3 Å². The maximum Gasteiger partial charge on any atom is 0.333 e. The summed E-state index contributed by atoms with van der Waals surface area (Å²) in [5, 5.41) is 29.4. The van der Waals surface area contributed by atoms with Crippen LogP contribution in [0, 0.1) is 0 Å². The number of hydrogen-bond donors (Lipinski definition) is 3. The van der Waals surface area contributed by atoms with Crippen LogP contribution < -0.4 is 11.2 Å². The number of aliphatic hydroxyl groups is 3. The number of pyridine rings is 1. The number of aliphatic hydroxyl groups excluding tert-OH is 3. The Morgan fingerprint density at radius 1 is 0.967 bits per heavy atom. The molecule has 9 heteroatoms. The highest BCUT2D eigenvalue weighted by Gasteiger charge is 2.43. The fraction of sp³-hybridized carbons (Fsp3) is 0.286. The molecule has 9 nitrogen and oxygen atoms in total. The third kappa shape index (κ3) is 3.71. The first-order chi connectivity index (χ1) is 14.5. The van der Waals surface area contributed by atoms with Gasteiger partial charge in [0.05, 0.1) is 24.5 Å². The fourth-order valence-corrected chi connectivity index (χ4v) is 3.48. The summed E-state index contributed by atoms with van der Waals surface area (Å²) >= 11 is 0. The molecule has 0 bridgehead atoms. The summed E-state index contributed by atoms with van der Waals surface area (Å²) in [6.07, 6.45) is -3.82. The smallest absolute Gasteiger partial charge is 0.333 e. The van der Waals surface area contributed by atoms with Gasteiger partial charge in [-0.3, -0.25) is 18.9 Å². The standard InChI is InChI=1S/C21H21N3O6/c25-12-16-18(27)19(28)20(30-16)23-10-9-17(26)24(21(23)29)11-14-7-4-8-15(22-14)13-5-2-1-3-6-13/h1-10,16,18-20,25,27-28H,11-12H2/t16-,18+,19+,20-/m1/s1. The van der Waals surface area contributed by atoms with E-state index in [-0.39, 0.29) is 6.54 Å². The van der Waals surface area contributed by atoms with Gasteiger partial charge in [0.1, 0.15) is 18.3 Å². The van der Waals surface area contributed by atoms with Gasteiger partial charge in [0, 0.05) is 17.8 Å². The SMILES string of the molecule is O=c1ccn([C@@H]2O[C@H](CO)[C@H](O)[C@@H]2O)c(=O)n1Cc1cccc(-c2ccccc2)n1. The molecule has 0 saturated carbocycles. The predicted molar refractivity (Wildman–Crippen MR) is 107 cm³/mol. The number of nitrogens with zero attached hydrogens (tertiary/aromatic N) is 3. The molecule has 3 aromatic rings. The van der Waals surface area contributed by atoms with Gasteiger partial charge >= 0.3 is 5.69 Å². The molecule has 4 rings (SSSR count). The van der Waals surface area contributed by atoms with Crippen LogP contribution in [0.25, 0.3) is 11.3 Å². The van der Waals surface area contributed by atoms with E-state index < -0.39 is 42.4 Å². The maximum atomic E-state index is 12.9. The Morgan fingerprint density at radius 2 is 1.73 bits per heavy atom. The van der Waals surface area contributed by atoms with Crippen molar-refractivity contribution in [2.24, 2.45) is 0 Å². The Kier molecular flexibility index (Phi) is 5.60. The Morgan fingerprint density at radius 3 is 2.43 bits per heavy atom. The fourth-order valence-electron chi connectivity index (χ4n) is 3.48. The number of hydrogen-bond acceptors (Lipinski definition) is 7. The van der Waals surface area contributed by atoms with Crippen molar-refractivity contribution < 1.29 is 20.1 Å². The van der Waals surface area contributed by atoms with Crippen LogP contribution in [0.15, 0.2) is 70.4 Å². The number of aromatic nitrogens is 3. The summed E-state index contributed by atoms with van der Waals surface area (Å²) in [7, 11) is 0. The van der Waals surface area contributed by atoms with E-state index in [4.69, 9.17) is 4.74 Å². The topological polar surface area (TPSA) is 127 Å². The van der Waals surface area contributed by atoms with Gasteiger partial charge in [-0.05, 0) is 12.1 Å². The lowest BCUT2D eigenvalue weighted by molar-refractivity contribution is -0.0555. The summed E-state index contributed by atoms with van der Waals surface area (Å²) in [5.41, 5.74) is 0.873. The molecule has 0 amide bonds. The molecular formula is C21H21N3O6. The molecule has 1 saturated heterocycles. The van der Waals surface area contributed by atoms with E-state index in [2.05, 4.69) is 4.98 Å². The van der Waals surface area contributed by atoms with Crippen molar-refractivity contribution >= 4 is 0 Å².